The highest BCUT2D eigenvalue weighted by atomic mass is 32.1. The highest BCUT2D eigenvalue weighted by Gasteiger charge is 2.28. The number of aromatic nitrogens is 4. The van der Waals surface area contributed by atoms with Gasteiger partial charge in [-0.25, -0.2) is 18.7 Å². The third kappa shape index (κ3) is 3.49. The molecule has 9 heteroatoms. The number of nitrogens with zero attached hydrogens (tertiary/aromatic N) is 4. The smallest absolute Gasteiger partial charge is 0.289 e. The largest absolute Gasteiger partial charge is 0.487 e. The minimum absolute atomic E-state index is 0.0254. The van der Waals surface area contributed by atoms with E-state index in [-0.39, 0.29) is 17.2 Å². The molecule has 5 rings (SSSR count). The van der Waals surface area contributed by atoms with E-state index in [1.54, 1.807) is 12.3 Å². The quantitative estimate of drug-likeness (QED) is 0.451. The lowest BCUT2D eigenvalue weighted by Gasteiger charge is -2.09. The van der Waals surface area contributed by atoms with Gasteiger partial charge >= 0.3 is 0 Å². The Morgan fingerprint density at radius 3 is 2.77 bits per heavy atom. The van der Waals surface area contributed by atoms with Gasteiger partial charge in [-0.2, -0.15) is 0 Å². The number of halogens is 2. The van der Waals surface area contributed by atoms with Gasteiger partial charge in [0.25, 0.3) is 12.0 Å². The van der Waals surface area contributed by atoms with Gasteiger partial charge in [0.1, 0.15) is 18.2 Å². The van der Waals surface area contributed by atoms with Crippen LogP contribution in [0.2, 0.25) is 0 Å². The molecule has 0 unspecified atom stereocenters. The first-order valence-corrected chi connectivity index (χ1v) is 10.4. The van der Waals surface area contributed by atoms with Gasteiger partial charge in [-0.3, -0.25) is 9.36 Å². The average Bonchev–Trinajstić information content (AvgIpc) is 3.36. The van der Waals surface area contributed by atoms with Crippen LogP contribution in [0.3, 0.4) is 0 Å². The lowest BCUT2D eigenvalue weighted by atomic mass is 10.2. The molecular weight excluding hydrogens is 410 g/mol. The number of fused-ring (bicyclic) bond motifs is 1. The van der Waals surface area contributed by atoms with E-state index in [1.807, 2.05) is 25.2 Å². The number of alkyl halides is 2. The summed E-state index contributed by atoms with van der Waals surface area (Å²) >= 11 is 0.891. The lowest BCUT2D eigenvalue weighted by Crippen LogP contribution is -2.16. The van der Waals surface area contributed by atoms with E-state index in [0.717, 1.165) is 33.9 Å². The monoisotopic (exact) mass is 428 g/mol. The molecule has 1 saturated carbocycles. The summed E-state index contributed by atoms with van der Waals surface area (Å²) in [5.74, 6) is 2.00. The van der Waals surface area contributed by atoms with Crippen LogP contribution in [0.25, 0.3) is 16.7 Å². The van der Waals surface area contributed by atoms with Crippen molar-refractivity contribution in [2.24, 2.45) is 7.05 Å². The topological polar surface area (TPSA) is 61.9 Å². The fraction of sp³-hybridized carbons (Fsp3) is 0.286. The summed E-state index contributed by atoms with van der Waals surface area (Å²) in [4.78, 5) is 21.2. The predicted molar refractivity (Wildman–Crippen MR) is 110 cm³/mol. The Balaban J connectivity index is 1.37. The molecule has 3 heterocycles. The normalized spacial score (nSPS) is 14.0. The van der Waals surface area contributed by atoms with E-state index < -0.39 is 6.43 Å². The van der Waals surface area contributed by atoms with Crippen molar-refractivity contribution in [3.8, 4) is 11.4 Å². The van der Waals surface area contributed by atoms with Crippen molar-refractivity contribution in [2.75, 3.05) is 0 Å². The number of hydrogen-bond acceptors (Lipinski definition) is 5. The first-order valence-electron chi connectivity index (χ1n) is 9.54. The van der Waals surface area contributed by atoms with Crippen molar-refractivity contribution in [3.05, 3.63) is 68.8 Å². The van der Waals surface area contributed by atoms with Gasteiger partial charge in [0, 0.05) is 30.6 Å². The number of imidazole rings is 1. The van der Waals surface area contributed by atoms with Crippen molar-refractivity contribution in [1.82, 2.24) is 19.1 Å². The van der Waals surface area contributed by atoms with Crippen LogP contribution in [0.15, 0.2) is 46.7 Å². The van der Waals surface area contributed by atoms with Crippen LogP contribution < -0.4 is 10.3 Å². The fourth-order valence-corrected chi connectivity index (χ4v) is 4.11. The zero-order valence-electron chi connectivity index (χ0n) is 16.1. The fourth-order valence-electron chi connectivity index (χ4n) is 3.46. The molecule has 1 aliphatic rings. The SMILES string of the molecule is Cn1c(C2CC2)nc2ccc(-n3ccc(OCc4csc(C(F)F)n4)cc3=O)cc21. The van der Waals surface area contributed by atoms with Crippen LogP contribution in [0, 0.1) is 0 Å². The molecule has 0 amide bonds. The third-order valence-electron chi connectivity index (χ3n) is 5.15. The Kier molecular flexibility index (Phi) is 4.62. The Bertz CT molecular complexity index is 1290. The maximum atomic E-state index is 12.6. The molecule has 0 spiro atoms. The van der Waals surface area contributed by atoms with E-state index in [2.05, 4.69) is 9.55 Å². The Hall–Kier alpha value is -3.07. The van der Waals surface area contributed by atoms with Gasteiger partial charge in [0.2, 0.25) is 0 Å². The number of thiazole rings is 1. The van der Waals surface area contributed by atoms with Gasteiger partial charge in [-0.1, -0.05) is 0 Å². The molecule has 3 aromatic heterocycles. The summed E-state index contributed by atoms with van der Waals surface area (Å²) in [7, 11) is 2.00. The van der Waals surface area contributed by atoms with Gasteiger partial charge in [0.05, 0.1) is 22.4 Å². The number of benzene rings is 1. The van der Waals surface area contributed by atoms with Crippen LogP contribution in [-0.2, 0) is 13.7 Å². The van der Waals surface area contributed by atoms with Crippen molar-refractivity contribution in [3.63, 3.8) is 0 Å². The molecule has 0 N–H and O–H groups in total. The molecular formula is C21H18F2N4O2S. The average molecular weight is 428 g/mol. The second-order valence-corrected chi connectivity index (χ2v) is 8.20. The van der Waals surface area contributed by atoms with E-state index in [9.17, 15) is 13.6 Å². The van der Waals surface area contributed by atoms with Gasteiger partial charge in [0.15, 0.2) is 5.01 Å². The van der Waals surface area contributed by atoms with E-state index >= 15 is 0 Å². The van der Waals surface area contributed by atoms with E-state index in [0.29, 0.717) is 17.4 Å². The number of ether oxygens (including phenoxy) is 1. The molecule has 1 fully saturated rings. The molecule has 154 valence electrons. The maximum Gasteiger partial charge on any atom is 0.289 e. The summed E-state index contributed by atoms with van der Waals surface area (Å²) in [6, 6.07) is 8.80. The highest BCUT2D eigenvalue weighted by molar-refractivity contribution is 7.09. The van der Waals surface area contributed by atoms with Gasteiger partial charge < -0.3 is 9.30 Å². The number of aryl methyl sites for hydroxylation is 1. The molecule has 0 bridgehead atoms. The molecule has 30 heavy (non-hydrogen) atoms. The second-order valence-electron chi connectivity index (χ2n) is 7.31. The number of hydrogen-bond donors (Lipinski definition) is 0. The van der Waals surface area contributed by atoms with E-state index in [4.69, 9.17) is 9.72 Å². The van der Waals surface area contributed by atoms with Crippen LogP contribution in [-0.4, -0.2) is 19.1 Å². The molecule has 6 nitrogen and oxygen atoms in total. The standard InChI is InChI=1S/C21H18F2N4O2S/c1-26-17-8-14(4-5-16(17)25-20(26)12-2-3-12)27-7-6-15(9-18(27)28)29-10-13-11-30-21(24-13)19(22)23/h4-9,11-12,19H,2-3,10H2,1H3. The predicted octanol–water partition coefficient (Wildman–Crippen LogP) is 4.57. The molecule has 4 aromatic rings. The van der Waals surface area contributed by atoms with Crippen LogP contribution in [0.4, 0.5) is 8.78 Å². The minimum Gasteiger partial charge on any atom is -0.487 e. The van der Waals surface area contributed by atoms with Crippen molar-refractivity contribution >= 4 is 22.4 Å². The lowest BCUT2D eigenvalue weighted by molar-refractivity contribution is 0.150. The third-order valence-corrected chi connectivity index (χ3v) is 6.05. The molecule has 0 atom stereocenters. The Morgan fingerprint density at radius 1 is 1.23 bits per heavy atom. The first-order chi connectivity index (χ1) is 14.5. The summed E-state index contributed by atoms with van der Waals surface area (Å²) in [6.45, 7) is 0.0254. The molecule has 0 aliphatic heterocycles. The molecule has 1 aromatic carbocycles. The zero-order chi connectivity index (χ0) is 20.8. The summed E-state index contributed by atoms with van der Waals surface area (Å²) < 4.78 is 34.4. The van der Waals surface area contributed by atoms with Crippen molar-refractivity contribution in [2.45, 2.75) is 31.8 Å². The first kappa shape index (κ1) is 18.9. The molecule has 1 aliphatic carbocycles. The van der Waals surface area contributed by atoms with Crippen LogP contribution >= 0.6 is 11.3 Å². The minimum atomic E-state index is -2.59. The Labute approximate surface area is 174 Å². The molecule has 0 saturated heterocycles. The van der Waals surface area contributed by atoms with Crippen molar-refractivity contribution < 1.29 is 13.5 Å². The summed E-state index contributed by atoms with van der Waals surface area (Å²) in [6.07, 6.45) is 1.40. The second kappa shape index (κ2) is 7.32. The summed E-state index contributed by atoms with van der Waals surface area (Å²) in [5, 5.41) is 1.29. The van der Waals surface area contributed by atoms with Gasteiger partial charge in [-0.05, 0) is 37.1 Å². The van der Waals surface area contributed by atoms with E-state index in [1.165, 1.54) is 28.9 Å². The van der Waals surface area contributed by atoms with Crippen molar-refractivity contribution in [1.29, 1.82) is 0 Å². The molecule has 0 radical (unpaired) electrons. The Morgan fingerprint density at radius 2 is 2.07 bits per heavy atom. The number of rotatable bonds is 6. The van der Waals surface area contributed by atoms with Crippen LogP contribution in [0.1, 0.15) is 41.7 Å². The zero-order valence-corrected chi connectivity index (χ0v) is 16.9. The highest BCUT2D eigenvalue weighted by Crippen LogP contribution is 2.40. The van der Waals surface area contributed by atoms with Gasteiger partial charge in [-0.15, -0.1) is 11.3 Å². The van der Waals surface area contributed by atoms with Crippen LogP contribution in [0.5, 0.6) is 5.75 Å². The maximum absolute atomic E-state index is 12.6. The number of pyridine rings is 1. The summed E-state index contributed by atoms with van der Waals surface area (Å²) in [5.41, 5.74) is 2.81.